The van der Waals surface area contributed by atoms with Gasteiger partial charge in [0.2, 0.25) is 6.79 Å². The van der Waals surface area contributed by atoms with Crippen LogP contribution in [-0.2, 0) is 16.2 Å². The Kier molecular flexibility index (Phi) is 5.18. The van der Waals surface area contributed by atoms with Gasteiger partial charge in [0, 0.05) is 17.3 Å². The van der Waals surface area contributed by atoms with Gasteiger partial charge >= 0.3 is 6.18 Å². The lowest BCUT2D eigenvalue weighted by atomic mass is 9.77. The second-order valence-electron chi connectivity index (χ2n) is 9.02. The van der Waals surface area contributed by atoms with E-state index in [0.29, 0.717) is 11.5 Å². The molecule has 2 aliphatic heterocycles. The third-order valence-corrected chi connectivity index (χ3v) is 8.22. The van der Waals surface area contributed by atoms with Crippen LogP contribution in [0.2, 0.25) is 0 Å². The highest BCUT2D eigenvalue weighted by molar-refractivity contribution is 7.92. The zero-order valence-electron chi connectivity index (χ0n) is 18.7. The molecule has 0 bridgehead atoms. The molecule has 2 N–H and O–H groups in total. The summed E-state index contributed by atoms with van der Waals surface area (Å²) >= 11 is 0. The topological polar surface area (TPSA) is 76.7 Å². The van der Waals surface area contributed by atoms with Crippen molar-refractivity contribution in [3.63, 3.8) is 0 Å². The Morgan fingerprint density at radius 3 is 2.64 bits per heavy atom. The third-order valence-electron chi connectivity index (χ3n) is 6.84. The van der Waals surface area contributed by atoms with E-state index in [1.54, 1.807) is 12.1 Å². The summed E-state index contributed by atoms with van der Waals surface area (Å²) in [5.74, 6) is 1.55. The number of nitrogens with one attached hydrogen (secondary N) is 2. The van der Waals surface area contributed by atoms with Crippen molar-refractivity contribution >= 4 is 21.4 Å². The van der Waals surface area contributed by atoms with Crippen LogP contribution >= 0.6 is 0 Å². The molecule has 0 saturated carbocycles. The Hall–Kier alpha value is -3.66. The zero-order chi connectivity index (χ0) is 25.1. The highest BCUT2D eigenvalue weighted by Gasteiger charge is 2.39. The van der Waals surface area contributed by atoms with Crippen molar-refractivity contribution in [2.75, 3.05) is 16.8 Å². The maximum absolute atomic E-state index is 13.1. The number of sulfonamides is 1. The molecule has 1 aliphatic carbocycles. The van der Waals surface area contributed by atoms with Gasteiger partial charge in [0.1, 0.15) is 0 Å². The predicted octanol–water partition coefficient (Wildman–Crippen LogP) is 6.06. The fraction of sp³-hybridized carbons (Fsp3) is 0.231. The molecule has 0 unspecified atom stereocenters. The molecule has 0 saturated heterocycles. The zero-order valence-corrected chi connectivity index (χ0v) is 19.6. The average molecular weight is 515 g/mol. The quantitative estimate of drug-likeness (QED) is 0.414. The van der Waals surface area contributed by atoms with Crippen molar-refractivity contribution in [2.24, 2.45) is 5.92 Å². The highest BCUT2D eigenvalue weighted by atomic mass is 32.2. The van der Waals surface area contributed by atoms with Crippen LogP contribution < -0.4 is 19.5 Å². The summed E-state index contributed by atoms with van der Waals surface area (Å²) in [7, 11) is -4.11. The molecule has 0 spiro atoms. The first kappa shape index (κ1) is 22.8. The first-order valence-corrected chi connectivity index (χ1v) is 12.8. The Labute approximate surface area is 205 Å². The summed E-state index contributed by atoms with van der Waals surface area (Å²) < 4.78 is 78.6. The summed E-state index contributed by atoms with van der Waals surface area (Å²) in [6.45, 7) is 0.194. The standard InChI is InChI=1S/C26H21F3N2O4S/c27-26(28,29)16-3-1-4-17(12-16)31-36(32,33)18-8-9-22-21(13-18)19-5-2-6-20(19)25(30-22)15-7-10-23-24(11-15)35-14-34-23/h1-5,7-13,19-20,25,30-31H,6,14H2/t19-,20+,25+/m0/s1. The van der Waals surface area contributed by atoms with Crippen LogP contribution in [-0.4, -0.2) is 15.2 Å². The van der Waals surface area contributed by atoms with Crippen molar-refractivity contribution < 1.29 is 31.1 Å². The fourth-order valence-electron chi connectivity index (χ4n) is 5.15. The number of allylic oxidation sites excluding steroid dienone is 2. The first-order valence-electron chi connectivity index (χ1n) is 11.4. The van der Waals surface area contributed by atoms with Gasteiger partial charge in [0.15, 0.2) is 11.5 Å². The van der Waals surface area contributed by atoms with Gasteiger partial charge in [0.05, 0.1) is 16.5 Å². The Morgan fingerprint density at radius 2 is 1.81 bits per heavy atom. The summed E-state index contributed by atoms with van der Waals surface area (Å²) in [6, 6.07) is 14.7. The second-order valence-corrected chi connectivity index (χ2v) is 10.7. The number of hydrogen-bond donors (Lipinski definition) is 2. The van der Waals surface area contributed by atoms with E-state index in [1.807, 2.05) is 18.2 Å². The number of rotatable bonds is 4. The number of ether oxygens (including phenoxy) is 2. The largest absolute Gasteiger partial charge is 0.454 e. The molecule has 0 amide bonds. The van der Waals surface area contributed by atoms with Crippen molar-refractivity contribution in [1.29, 1.82) is 0 Å². The number of anilines is 2. The van der Waals surface area contributed by atoms with Gasteiger partial charge in [-0.2, -0.15) is 13.2 Å². The molecule has 3 aromatic carbocycles. The normalized spacial score (nSPS) is 22.0. The SMILES string of the molecule is O=S(=O)(Nc1cccc(C(F)(F)F)c1)c1ccc2c(c1)[C@H]1C=CC[C@H]1[C@@H](c1ccc3c(c1)OCO3)N2. The number of fused-ring (bicyclic) bond motifs is 4. The van der Waals surface area contributed by atoms with Gasteiger partial charge in [0.25, 0.3) is 10.0 Å². The molecule has 2 heterocycles. The first-order chi connectivity index (χ1) is 17.2. The lowest BCUT2D eigenvalue weighted by Gasteiger charge is -2.37. The van der Waals surface area contributed by atoms with Crippen LogP contribution in [0.5, 0.6) is 11.5 Å². The van der Waals surface area contributed by atoms with E-state index >= 15 is 0 Å². The molecule has 0 radical (unpaired) electrons. The summed E-state index contributed by atoms with van der Waals surface area (Å²) in [5.41, 5.74) is 1.61. The summed E-state index contributed by atoms with van der Waals surface area (Å²) in [4.78, 5) is -0.0129. The minimum absolute atomic E-state index is 0.0129. The van der Waals surface area contributed by atoms with E-state index < -0.39 is 21.8 Å². The number of halogens is 3. The van der Waals surface area contributed by atoms with Crippen LogP contribution in [0, 0.1) is 5.92 Å². The van der Waals surface area contributed by atoms with Crippen molar-refractivity contribution in [1.82, 2.24) is 0 Å². The highest BCUT2D eigenvalue weighted by Crippen LogP contribution is 2.51. The van der Waals surface area contributed by atoms with Gasteiger partial charge < -0.3 is 14.8 Å². The second kappa shape index (κ2) is 8.19. The molecule has 0 aromatic heterocycles. The van der Waals surface area contributed by atoms with E-state index in [2.05, 4.69) is 22.2 Å². The Balaban J connectivity index is 1.31. The number of alkyl halides is 3. The molecule has 10 heteroatoms. The molecule has 3 atom stereocenters. The maximum Gasteiger partial charge on any atom is 0.416 e. The molecule has 6 rings (SSSR count). The van der Waals surface area contributed by atoms with E-state index in [9.17, 15) is 21.6 Å². The van der Waals surface area contributed by atoms with E-state index in [-0.39, 0.29) is 35.3 Å². The van der Waals surface area contributed by atoms with E-state index in [4.69, 9.17) is 9.47 Å². The molecule has 3 aliphatic rings. The van der Waals surface area contributed by atoms with Gasteiger partial charge in [-0.25, -0.2) is 8.42 Å². The van der Waals surface area contributed by atoms with Gasteiger partial charge in [-0.1, -0.05) is 24.3 Å². The van der Waals surface area contributed by atoms with Crippen LogP contribution in [0.1, 0.15) is 35.1 Å². The van der Waals surface area contributed by atoms with Gasteiger partial charge in [-0.15, -0.1) is 0 Å². The predicted molar refractivity (Wildman–Crippen MR) is 128 cm³/mol. The van der Waals surface area contributed by atoms with Crippen LogP contribution in [0.25, 0.3) is 0 Å². The van der Waals surface area contributed by atoms with Crippen molar-refractivity contribution in [3.8, 4) is 11.5 Å². The monoisotopic (exact) mass is 514 g/mol. The maximum atomic E-state index is 13.1. The van der Waals surface area contributed by atoms with Gasteiger partial charge in [-0.05, 0) is 72.0 Å². The Bertz CT molecular complexity index is 1490. The van der Waals surface area contributed by atoms with E-state index in [0.717, 1.165) is 35.4 Å². The molecule has 0 fully saturated rings. The van der Waals surface area contributed by atoms with Crippen LogP contribution in [0.3, 0.4) is 0 Å². The molecular weight excluding hydrogens is 493 g/mol. The Morgan fingerprint density at radius 1 is 0.972 bits per heavy atom. The van der Waals surface area contributed by atoms with Crippen molar-refractivity contribution in [2.45, 2.75) is 29.5 Å². The smallest absolute Gasteiger partial charge is 0.416 e. The number of benzene rings is 3. The molecule has 186 valence electrons. The molecule has 36 heavy (non-hydrogen) atoms. The fourth-order valence-corrected chi connectivity index (χ4v) is 6.23. The minimum atomic E-state index is -4.57. The molecular formula is C26H21F3N2O4S. The van der Waals surface area contributed by atoms with Crippen LogP contribution in [0.15, 0.2) is 77.7 Å². The van der Waals surface area contributed by atoms with Crippen LogP contribution in [0.4, 0.5) is 24.5 Å². The van der Waals surface area contributed by atoms with Crippen molar-refractivity contribution in [3.05, 3.63) is 89.5 Å². The minimum Gasteiger partial charge on any atom is -0.454 e. The molecule has 6 nitrogen and oxygen atoms in total. The lowest BCUT2D eigenvalue weighted by Crippen LogP contribution is -2.29. The third kappa shape index (κ3) is 3.95. The average Bonchev–Trinajstić information content (AvgIpc) is 3.52. The van der Waals surface area contributed by atoms with Gasteiger partial charge in [-0.3, -0.25) is 4.72 Å². The summed E-state index contributed by atoms with van der Waals surface area (Å²) in [6.07, 6.45) is 0.419. The summed E-state index contributed by atoms with van der Waals surface area (Å²) in [5, 5.41) is 3.55. The molecule has 3 aromatic rings. The lowest BCUT2D eigenvalue weighted by molar-refractivity contribution is -0.137. The number of hydrogen-bond acceptors (Lipinski definition) is 5. The van der Waals surface area contributed by atoms with E-state index in [1.165, 1.54) is 18.2 Å².